The van der Waals surface area contributed by atoms with Crippen LogP contribution in [0, 0.1) is 0 Å². The number of piperazine rings is 1. The summed E-state index contributed by atoms with van der Waals surface area (Å²) in [4.78, 5) is 32.7. The van der Waals surface area contributed by atoms with Crippen molar-refractivity contribution in [1.82, 2.24) is 19.4 Å². The largest absolute Gasteiger partial charge is 0.339 e. The quantitative estimate of drug-likeness (QED) is 0.672. The molecule has 148 valence electrons. The average Bonchev–Trinajstić information content (AvgIpc) is 2.77. The topological polar surface area (TPSA) is 58.4 Å². The molecule has 2 aromatic carbocycles. The predicted molar refractivity (Wildman–Crippen MR) is 111 cm³/mol. The lowest BCUT2D eigenvalue weighted by Crippen LogP contribution is -2.51. The van der Waals surface area contributed by atoms with E-state index in [4.69, 9.17) is 0 Å². The molecule has 1 aromatic heterocycles. The maximum atomic E-state index is 12.7. The Morgan fingerprint density at radius 2 is 1.45 bits per heavy atom. The van der Waals surface area contributed by atoms with Crippen molar-refractivity contribution in [2.45, 2.75) is 12.6 Å². The minimum atomic E-state index is -0.208. The van der Waals surface area contributed by atoms with Crippen molar-refractivity contribution in [2.75, 3.05) is 26.2 Å². The van der Waals surface area contributed by atoms with Crippen LogP contribution in [-0.4, -0.2) is 51.4 Å². The second-order valence-electron chi connectivity index (χ2n) is 7.19. The Hall–Kier alpha value is -3.25. The standard InChI is InChI=1S/C23H24N4O2/c28-21-11-12-24-18-27(21)17-22(29)25-13-15-26(16-14-25)23(19-7-3-1-4-8-19)20-9-5-2-6-10-20/h1-12,18,23H,13-17H2. The molecule has 6 heteroatoms. The van der Waals surface area contributed by atoms with Gasteiger partial charge in [0.15, 0.2) is 0 Å². The first kappa shape index (κ1) is 19.1. The van der Waals surface area contributed by atoms with Crippen LogP contribution in [0.15, 0.2) is 84.0 Å². The van der Waals surface area contributed by atoms with Gasteiger partial charge in [-0.2, -0.15) is 0 Å². The molecule has 0 unspecified atom stereocenters. The first-order valence-electron chi connectivity index (χ1n) is 9.84. The van der Waals surface area contributed by atoms with Crippen LogP contribution in [0.1, 0.15) is 17.2 Å². The molecule has 0 radical (unpaired) electrons. The number of nitrogens with zero attached hydrogens (tertiary/aromatic N) is 4. The molecule has 1 aliphatic heterocycles. The van der Waals surface area contributed by atoms with Gasteiger partial charge in [0.1, 0.15) is 6.54 Å². The highest BCUT2D eigenvalue weighted by Crippen LogP contribution is 2.29. The lowest BCUT2D eigenvalue weighted by Gasteiger charge is -2.39. The third-order valence-electron chi connectivity index (χ3n) is 5.36. The van der Waals surface area contributed by atoms with E-state index in [1.807, 2.05) is 17.0 Å². The summed E-state index contributed by atoms with van der Waals surface area (Å²) in [6, 6.07) is 22.5. The Morgan fingerprint density at radius 1 is 0.862 bits per heavy atom. The number of hydrogen-bond donors (Lipinski definition) is 0. The highest BCUT2D eigenvalue weighted by molar-refractivity contribution is 5.76. The van der Waals surface area contributed by atoms with E-state index in [1.54, 1.807) is 0 Å². The molecule has 1 saturated heterocycles. The molecule has 0 N–H and O–H groups in total. The van der Waals surface area contributed by atoms with Gasteiger partial charge in [0.25, 0.3) is 5.56 Å². The summed E-state index contributed by atoms with van der Waals surface area (Å²) in [5.74, 6) is -0.0456. The Kier molecular flexibility index (Phi) is 5.81. The predicted octanol–water partition coefficient (Wildman–Crippen LogP) is 2.18. The molecule has 0 spiro atoms. The van der Waals surface area contributed by atoms with E-state index in [0.717, 1.165) is 13.1 Å². The number of aromatic nitrogens is 2. The molecule has 0 bridgehead atoms. The second-order valence-corrected chi connectivity index (χ2v) is 7.19. The lowest BCUT2D eigenvalue weighted by atomic mass is 9.96. The zero-order valence-corrected chi connectivity index (χ0v) is 16.2. The van der Waals surface area contributed by atoms with E-state index in [2.05, 4.69) is 58.4 Å². The molecular weight excluding hydrogens is 364 g/mol. The number of rotatable bonds is 5. The summed E-state index contributed by atoms with van der Waals surface area (Å²) >= 11 is 0. The summed E-state index contributed by atoms with van der Waals surface area (Å²) in [5, 5.41) is 0. The van der Waals surface area contributed by atoms with Crippen molar-refractivity contribution in [3.8, 4) is 0 Å². The van der Waals surface area contributed by atoms with Gasteiger partial charge >= 0.3 is 0 Å². The summed E-state index contributed by atoms with van der Waals surface area (Å²) in [5.41, 5.74) is 2.29. The highest BCUT2D eigenvalue weighted by Gasteiger charge is 2.28. The Morgan fingerprint density at radius 3 is 2.00 bits per heavy atom. The minimum Gasteiger partial charge on any atom is -0.339 e. The third-order valence-corrected chi connectivity index (χ3v) is 5.36. The maximum absolute atomic E-state index is 12.7. The maximum Gasteiger partial charge on any atom is 0.253 e. The van der Waals surface area contributed by atoms with Crippen molar-refractivity contribution < 1.29 is 4.79 Å². The summed E-state index contributed by atoms with van der Waals surface area (Å²) in [7, 11) is 0. The van der Waals surface area contributed by atoms with Crippen LogP contribution >= 0.6 is 0 Å². The van der Waals surface area contributed by atoms with E-state index < -0.39 is 0 Å². The van der Waals surface area contributed by atoms with Crippen LogP contribution in [0.5, 0.6) is 0 Å². The molecule has 4 rings (SSSR count). The molecule has 6 nitrogen and oxygen atoms in total. The Balaban J connectivity index is 1.46. The third kappa shape index (κ3) is 4.43. The zero-order valence-electron chi connectivity index (χ0n) is 16.2. The minimum absolute atomic E-state index is 0.0352. The van der Waals surface area contributed by atoms with Gasteiger partial charge < -0.3 is 4.90 Å². The number of amides is 1. The molecule has 3 aromatic rings. The van der Waals surface area contributed by atoms with Gasteiger partial charge in [-0.1, -0.05) is 60.7 Å². The van der Waals surface area contributed by atoms with E-state index in [0.29, 0.717) is 13.1 Å². The Bertz CT molecular complexity index is 956. The van der Waals surface area contributed by atoms with Gasteiger partial charge in [0.05, 0.1) is 12.4 Å². The van der Waals surface area contributed by atoms with E-state index in [-0.39, 0.29) is 24.1 Å². The molecule has 1 fully saturated rings. The lowest BCUT2D eigenvalue weighted by molar-refractivity contribution is -0.133. The van der Waals surface area contributed by atoms with Crippen molar-refractivity contribution in [2.24, 2.45) is 0 Å². The molecule has 0 aliphatic carbocycles. The van der Waals surface area contributed by atoms with Crippen LogP contribution in [0.4, 0.5) is 0 Å². The SMILES string of the molecule is O=C(Cn1cnccc1=O)N1CCN(C(c2ccccc2)c2ccccc2)CC1. The first-order valence-corrected chi connectivity index (χ1v) is 9.84. The molecule has 1 amide bonds. The van der Waals surface area contributed by atoms with Crippen LogP contribution in [0.3, 0.4) is 0 Å². The van der Waals surface area contributed by atoms with Crippen molar-refractivity contribution in [3.05, 3.63) is 101 Å². The van der Waals surface area contributed by atoms with Gasteiger partial charge in [0, 0.05) is 38.4 Å². The Labute approximate surface area is 170 Å². The summed E-state index contributed by atoms with van der Waals surface area (Å²) < 4.78 is 1.35. The number of carbonyl (C=O) groups is 1. The normalized spacial score (nSPS) is 14.9. The van der Waals surface area contributed by atoms with Gasteiger partial charge in [-0.15, -0.1) is 0 Å². The number of carbonyl (C=O) groups excluding carboxylic acids is 1. The average molecular weight is 388 g/mol. The van der Waals surface area contributed by atoms with Crippen molar-refractivity contribution >= 4 is 5.91 Å². The van der Waals surface area contributed by atoms with Gasteiger partial charge in [-0.05, 0) is 11.1 Å². The van der Waals surface area contributed by atoms with Crippen LogP contribution in [0.2, 0.25) is 0 Å². The van der Waals surface area contributed by atoms with Crippen LogP contribution in [-0.2, 0) is 11.3 Å². The highest BCUT2D eigenvalue weighted by atomic mass is 16.2. The summed E-state index contributed by atoms with van der Waals surface area (Å²) in [6.45, 7) is 2.88. The van der Waals surface area contributed by atoms with Gasteiger partial charge in [0.2, 0.25) is 5.91 Å². The number of benzene rings is 2. The fourth-order valence-electron chi connectivity index (χ4n) is 3.86. The second kappa shape index (κ2) is 8.84. The fraction of sp³-hybridized carbons (Fsp3) is 0.261. The zero-order chi connectivity index (χ0) is 20.1. The van der Waals surface area contributed by atoms with E-state index >= 15 is 0 Å². The molecular formula is C23H24N4O2. The molecule has 1 aliphatic rings. The number of hydrogen-bond acceptors (Lipinski definition) is 4. The van der Waals surface area contributed by atoms with Crippen LogP contribution < -0.4 is 5.56 Å². The summed E-state index contributed by atoms with van der Waals surface area (Å²) in [6.07, 6.45) is 2.85. The fourth-order valence-corrected chi connectivity index (χ4v) is 3.86. The van der Waals surface area contributed by atoms with E-state index in [9.17, 15) is 9.59 Å². The van der Waals surface area contributed by atoms with Crippen molar-refractivity contribution in [3.63, 3.8) is 0 Å². The first-order chi connectivity index (χ1) is 14.2. The molecule has 0 atom stereocenters. The smallest absolute Gasteiger partial charge is 0.253 e. The molecule has 2 heterocycles. The van der Waals surface area contributed by atoms with Gasteiger partial charge in [-0.3, -0.25) is 19.1 Å². The van der Waals surface area contributed by atoms with E-state index in [1.165, 1.54) is 34.3 Å². The monoisotopic (exact) mass is 388 g/mol. The van der Waals surface area contributed by atoms with Crippen LogP contribution in [0.25, 0.3) is 0 Å². The molecule has 0 saturated carbocycles. The van der Waals surface area contributed by atoms with Gasteiger partial charge in [-0.25, -0.2) is 4.98 Å². The van der Waals surface area contributed by atoms with Crippen molar-refractivity contribution in [1.29, 1.82) is 0 Å². The molecule has 29 heavy (non-hydrogen) atoms.